The number of pyridine rings is 7. The molecule has 8 aromatic heterocycles. The predicted octanol–water partition coefficient (Wildman–Crippen LogP) is 18.0. The number of anilines is 3. The van der Waals surface area contributed by atoms with Gasteiger partial charge in [-0.05, 0) is 135 Å². The van der Waals surface area contributed by atoms with Crippen LogP contribution in [0.5, 0.6) is 28.7 Å². The van der Waals surface area contributed by atoms with Crippen LogP contribution in [0.25, 0.3) is 76.2 Å². The Labute approximate surface area is 662 Å². The third-order valence-electron chi connectivity index (χ3n) is 17.5. The summed E-state index contributed by atoms with van der Waals surface area (Å²) in [7, 11) is 6.58. The Morgan fingerprint density at radius 3 is 1.48 bits per heavy atom. The number of ether oxygens (including phenoxy) is 5. The Balaban J connectivity index is 0.000000208. The number of nitrogens with two attached hydrogens (primary N) is 3. The smallest absolute Gasteiger partial charge is 0.254 e. The van der Waals surface area contributed by atoms with E-state index in [9.17, 15) is 10.2 Å². The van der Waals surface area contributed by atoms with Crippen LogP contribution < -0.4 is 45.9 Å². The molecule has 0 fully saturated rings. The summed E-state index contributed by atoms with van der Waals surface area (Å²) in [5.74, 6) is 7.32. The monoisotopic (exact) mass is 1570 g/mol. The summed E-state index contributed by atoms with van der Waals surface area (Å²) in [5, 5.41) is 38.3. The maximum atomic E-state index is 10.2. The Bertz CT molecular complexity index is 5340. The van der Waals surface area contributed by atoms with Crippen molar-refractivity contribution in [3.63, 3.8) is 0 Å². The normalized spacial score (nSPS) is 10.9. The number of aromatic nitrogens is 10. The van der Waals surface area contributed by atoms with Gasteiger partial charge in [0.25, 0.3) is 5.52 Å². The van der Waals surface area contributed by atoms with Crippen LogP contribution in [0.15, 0.2) is 181 Å². The number of nitrogens with zero attached hydrogens (tertiary/aromatic N) is 12. The van der Waals surface area contributed by atoms with Crippen molar-refractivity contribution in [2.45, 2.75) is 110 Å². The number of halogens is 3. The molecule has 0 aliphatic carbocycles. The van der Waals surface area contributed by atoms with Crippen LogP contribution >= 0.6 is 34.8 Å². The van der Waals surface area contributed by atoms with Crippen molar-refractivity contribution in [2.75, 3.05) is 52.7 Å². The van der Waals surface area contributed by atoms with Crippen molar-refractivity contribution in [3.8, 4) is 64.3 Å². The molecule has 0 spiro atoms. The molecular weight excluding hydrogens is 1480 g/mol. The van der Waals surface area contributed by atoms with E-state index in [0.717, 1.165) is 71.3 Å². The molecule has 111 heavy (non-hydrogen) atoms. The minimum atomic E-state index is -1.47. The second-order valence-corrected chi connectivity index (χ2v) is 33.5. The SMILES string of the molecule is C#C[Si](C(C)C)(C(C)C)C(C)C.C#Cc1cc(N)nc2c(OC)cccc12.CC(C)(O)c1cccc(CN=[N+]=[N-])n1.COc1cccc2c(-c3cn(Cc4cccc(C(C)(C)O)n4)nn3)cc(N)nc12.COc1cccc2c(Cl)cc(N)nc12.COc1cccc2c(Cl)cc[nH+]c12.COc1cccc2c(Cl)ccnc12.[OH-]. The van der Waals surface area contributed by atoms with Gasteiger partial charge in [0.2, 0.25) is 0 Å². The molecule has 0 saturated heterocycles. The van der Waals surface area contributed by atoms with Crippen LogP contribution in [-0.4, -0.2) is 104 Å². The summed E-state index contributed by atoms with van der Waals surface area (Å²) in [5.41, 5.74) is 37.3. The zero-order chi connectivity index (χ0) is 80.6. The van der Waals surface area contributed by atoms with Gasteiger partial charge in [-0.15, -0.1) is 23.5 Å². The Kier molecular flexibility index (Phi) is 32.4. The van der Waals surface area contributed by atoms with Crippen LogP contribution in [0, 0.1) is 24.3 Å². The van der Waals surface area contributed by atoms with Crippen LogP contribution in [-0.2, 0) is 24.3 Å². The first-order valence-electron chi connectivity index (χ1n) is 34.7. The number of aromatic amines is 1. The van der Waals surface area contributed by atoms with Crippen molar-refractivity contribution in [3.05, 3.63) is 230 Å². The van der Waals surface area contributed by atoms with Crippen molar-refractivity contribution < 1.29 is 44.4 Å². The number of azide groups is 1. The topological polar surface area (TPSA) is 366 Å². The highest BCUT2D eigenvalue weighted by molar-refractivity contribution is 6.90. The average Bonchev–Trinajstić information content (AvgIpc) is 1.76. The van der Waals surface area contributed by atoms with E-state index in [1.807, 2.05) is 115 Å². The molecule has 0 aliphatic rings. The van der Waals surface area contributed by atoms with Gasteiger partial charge in [0.15, 0.2) is 11.9 Å². The molecule has 24 nitrogen and oxygen atoms in total. The first kappa shape index (κ1) is 88.3. The van der Waals surface area contributed by atoms with E-state index >= 15 is 0 Å². The fraction of sp³-hybridized carbons (Fsp3) is 0.265. The molecule has 10 N–H and O–H groups in total. The van der Waals surface area contributed by atoms with Crippen molar-refractivity contribution >= 4 is 115 Å². The van der Waals surface area contributed by atoms with Crippen molar-refractivity contribution in [1.82, 2.24) is 44.9 Å². The van der Waals surface area contributed by atoms with Gasteiger partial charge < -0.3 is 56.6 Å². The minimum Gasteiger partial charge on any atom is -0.870 e. The molecule has 0 bridgehead atoms. The number of methoxy groups -OCH3 is 5. The molecule has 0 unspecified atom stereocenters. The van der Waals surface area contributed by atoms with Gasteiger partial charge in [-0.2, -0.15) is 0 Å². The van der Waals surface area contributed by atoms with E-state index in [0.29, 0.717) is 107 Å². The summed E-state index contributed by atoms with van der Waals surface area (Å²) < 4.78 is 27.8. The van der Waals surface area contributed by atoms with Gasteiger partial charge in [0.05, 0.1) is 92.4 Å². The van der Waals surface area contributed by atoms with Gasteiger partial charge in [-0.25, -0.2) is 24.6 Å². The largest absolute Gasteiger partial charge is 0.870 e. The van der Waals surface area contributed by atoms with Gasteiger partial charge in [-0.3, -0.25) is 15.0 Å². The minimum absolute atomic E-state index is 0. The molecule has 8 heterocycles. The highest BCUT2D eigenvalue weighted by Gasteiger charge is 2.41. The van der Waals surface area contributed by atoms with E-state index in [2.05, 4.69) is 108 Å². The van der Waals surface area contributed by atoms with Crippen molar-refractivity contribution in [1.29, 1.82) is 0 Å². The van der Waals surface area contributed by atoms with E-state index < -0.39 is 19.3 Å². The number of hydrogen-bond donors (Lipinski definition) is 5. The van der Waals surface area contributed by atoms with Crippen LogP contribution in [0.4, 0.5) is 17.5 Å². The number of hydrogen-bond acceptors (Lipinski definition) is 20. The quantitative estimate of drug-likeness (QED) is 0.0209. The number of H-pyrrole nitrogens is 1. The average molecular weight is 1580 g/mol. The number of rotatable bonds is 15. The summed E-state index contributed by atoms with van der Waals surface area (Å²) >= 11 is 18.0. The maximum absolute atomic E-state index is 10.2. The summed E-state index contributed by atoms with van der Waals surface area (Å²) in [6, 6.07) is 47.8. The predicted molar refractivity (Wildman–Crippen MR) is 448 cm³/mol. The third-order valence-corrected chi connectivity index (χ3v) is 24.7. The van der Waals surface area contributed by atoms with Gasteiger partial charge >= 0.3 is 0 Å². The van der Waals surface area contributed by atoms with Crippen LogP contribution in [0.1, 0.15) is 97.6 Å². The van der Waals surface area contributed by atoms with E-state index in [1.54, 1.807) is 129 Å². The van der Waals surface area contributed by atoms with E-state index in [4.69, 9.17) is 94.1 Å². The second-order valence-electron chi connectivity index (χ2n) is 26.7. The zero-order valence-corrected chi connectivity index (χ0v) is 67.9. The molecule has 13 rings (SSSR count). The molecular formula is C83H93Cl3N16O8Si. The fourth-order valence-electron chi connectivity index (χ4n) is 12.2. The number of nitrogens with one attached hydrogen (secondary N) is 1. The summed E-state index contributed by atoms with van der Waals surface area (Å²) in [4.78, 5) is 31.4. The number of para-hydroxylation sites is 5. The third kappa shape index (κ3) is 22.8. The van der Waals surface area contributed by atoms with E-state index in [-0.39, 0.29) is 12.0 Å². The Morgan fingerprint density at radius 2 is 0.982 bits per heavy atom. The number of terminal acetylenes is 2. The summed E-state index contributed by atoms with van der Waals surface area (Å²) in [6.45, 7) is 21.1. The van der Waals surface area contributed by atoms with Crippen LogP contribution in [0.2, 0.25) is 31.7 Å². The van der Waals surface area contributed by atoms with Crippen molar-refractivity contribution in [2.24, 2.45) is 5.11 Å². The molecule has 0 radical (unpaired) electrons. The van der Waals surface area contributed by atoms with Gasteiger partial charge in [-0.1, -0.05) is 159 Å². The Hall–Kier alpha value is -11.6. The molecule has 5 aromatic carbocycles. The highest BCUT2D eigenvalue weighted by atomic mass is 35.5. The molecule has 13 aromatic rings. The molecule has 0 atom stereocenters. The number of benzene rings is 5. The standard InChI is InChI=1S/C21H22N6O2.C12H10N2O.C11H22Si.C10H9ClN2O.2C10H8ClNO.C9H12N4O.H2O/c1-21(2,28)18-9-4-6-13(23-18)11-27-12-16(25-26-27)15-10-19(22)24-20-14(15)7-5-8-17(20)29-3;1-3-8-7-11(13)14-12-9(8)5-4-6-10(12)15-2;1-8-12(9(2)3,10(4)5)11(6)7;1-14-8-4-2-3-6-7(11)5-9(12)13-10(6)8;2*1-13-9-4-2-3-7-8(11)5-6-12-10(7)9;1-9(2,14)8-5-3-4-7(12-8)6-11-13-10;/h4-10,12,28H,11H2,1-3H3,(H2,22,24);1,4-7H,2H3,(H2,13,14);1,9-11H,2-7H3;2-5H,1H3,(H2,12,13);2*2-6H,1H3;3-5,14H,6H2,1-2H3;1H2. The highest BCUT2D eigenvalue weighted by Crippen LogP contribution is 2.41. The van der Waals surface area contributed by atoms with Gasteiger partial charge in [0.1, 0.15) is 87.5 Å². The number of nitrogen functional groups attached to an aromatic ring is 3. The number of fused-ring (bicyclic) bond motifs is 5. The van der Waals surface area contributed by atoms with Crippen LogP contribution in [0.3, 0.4) is 0 Å². The lowest BCUT2D eigenvalue weighted by molar-refractivity contribution is -0.345. The molecule has 28 heteroatoms. The molecule has 578 valence electrons. The second kappa shape index (κ2) is 40.7. The van der Waals surface area contributed by atoms with E-state index in [1.165, 1.54) is 0 Å². The molecule has 0 aliphatic heterocycles. The lowest BCUT2D eigenvalue weighted by Gasteiger charge is -2.37. The molecule has 0 saturated carbocycles. The maximum Gasteiger partial charge on any atom is 0.254 e. The molecule has 0 amide bonds. The Morgan fingerprint density at radius 1 is 0.550 bits per heavy atom. The first-order valence-corrected chi connectivity index (χ1v) is 38.1. The van der Waals surface area contributed by atoms with Gasteiger partial charge in [0, 0.05) is 55.5 Å². The fourth-order valence-corrected chi connectivity index (χ4v) is 17.9. The lowest BCUT2D eigenvalue weighted by Crippen LogP contribution is -2.43. The zero-order valence-electron chi connectivity index (χ0n) is 64.7. The number of aliphatic hydroxyl groups is 2. The first-order chi connectivity index (χ1) is 52.4. The summed E-state index contributed by atoms with van der Waals surface area (Å²) in [6.07, 6.45) is 16.4. The lowest BCUT2D eigenvalue weighted by atomic mass is 10.0.